The van der Waals surface area contributed by atoms with E-state index in [0.29, 0.717) is 23.6 Å². The van der Waals surface area contributed by atoms with Crippen molar-refractivity contribution in [3.8, 4) is 5.75 Å². The predicted molar refractivity (Wildman–Crippen MR) is 122 cm³/mol. The number of rotatable bonds is 7. The van der Waals surface area contributed by atoms with Gasteiger partial charge in [-0.3, -0.25) is 9.78 Å². The summed E-state index contributed by atoms with van der Waals surface area (Å²) in [4.78, 5) is 30.3. The van der Waals surface area contributed by atoms with Gasteiger partial charge < -0.3 is 14.7 Å². The van der Waals surface area contributed by atoms with E-state index in [4.69, 9.17) is 23.2 Å². The fourth-order valence-corrected chi connectivity index (χ4v) is 6.61. The third-order valence-corrected chi connectivity index (χ3v) is 9.07. The number of pyridine rings is 1. The number of carbonyl (C=O) groups excluding carboxylic acids is 1. The third-order valence-electron chi connectivity index (χ3n) is 6.24. The standard InChI is InChI=1S/C22H19Cl2F3N2O6S/c23-12-1-4-18(28-9-12)21(5-6-21)20(32)29-10-14(8-16(29)19(30)31)36(33,34)17-3-2-13(7-15(17)24)35-11-22(25,26)27/h1-4,7,9,14,16H,5-6,8,10-11H2,(H,30,31)/t14-,16+/m1/s1. The molecule has 1 saturated heterocycles. The Morgan fingerprint density at radius 2 is 1.89 bits per heavy atom. The van der Waals surface area contributed by atoms with E-state index < -0.39 is 62.6 Å². The van der Waals surface area contributed by atoms with Gasteiger partial charge in [0, 0.05) is 18.8 Å². The SMILES string of the molecule is O=C(O)[C@@H]1C[C@@H](S(=O)(=O)c2ccc(OCC(F)(F)F)cc2Cl)CN1C(=O)C1(c2ccc(Cl)cn2)CC1. The number of amides is 1. The van der Waals surface area contributed by atoms with Gasteiger partial charge in [-0.1, -0.05) is 23.2 Å². The van der Waals surface area contributed by atoms with Gasteiger partial charge in [-0.15, -0.1) is 0 Å². The molecule has 14 heteroatoms. The van der Waals surface area contributed by atoms with Gasteiger partial charge in [0.2, 0.25) is 5.91 Å². The van der Waals surface area contributed by atoms with Crippen LogP contribution in [0.2, 0.25) is 10.0 Å². The fourth-order valence-electron chi connectivity index (χ4n) is 4.27. The number of hydrogen-bond acceptors (Lipinski definition) is 6. The first kappa shape index (κ1) is 26.5. The number of ether oxygens (including phenoxy) is 1. The summed E-state index contributed by atoms with van der Waals surface area (Å²) in [5.74, 6) is -2.18. The summed E-state index contributed by atoms with van der Waals surface area (Å²) in [5, 5.41) is 8.43. The molecular formula is C22H19Cl2F3N2O6S. The minimum atomic E-state index is -4.59. The highest BCUT2D eigenvalue weighted by atomic mass is 35.5. The molecule has 0 radical (unpaired) electrons. The molecule has 1 saturated carbocycles. The molecule has 2 fully saturated rings. The lowest BCUT2D eigenvalue weighted by Crippen LogP contribution is -2.46. The normalized spacial score (nSPS) is 21.3. The average Bonchev–Trinajstić information content (AvgIpc) is 3.47. The molecule has 36 heavy (non-hydrogen) atoms. The highest BCUT2D eigenvalue weighted by Crippen LogP contribution is 2.50. The van der Waals surface area contributed by atoms with Gasteiger partial charge in [0.1, 0.15) is 11.8 Å². The van der Waals surface area contributed by atoms with Crippen molar-refractivity contribution < 1.29 is 41.0 Å². The number of likely N-dealkylation sites (tertiary alicyclic amines) is 1. The summed E-state index contributed by atoms with van der Waals surface area (Å²) in [7, 11) is -4.26. The van der Waals surface area contributed by atoms with Crippen molar-refractivity contribution in [2.75, 3.05) is 13.2 Å². The van der Waals surface area contributed by atoms with E-state index in [0.717, 1.165) is 23.1 Å². The Morgan fingerprint density at radius 3 is 2.42 bits per heavy atom. The summed E-state index contributed by atoms with van der Waals surface area (Å²) in [6, 6.07) is 4.72. The van der Waals surface area contributed by atoms with E-state index in [1.165, 1.54) is 6.20 Å². The second-order valence-electron chi connectivity index (χ2n) is 8.65. The van der Waals surface area contributed by atoms with Crippen LogP contribution in [0.3, 0.4) is 0 Å². The maximum absolute atomic E-state index is 13.5. The molecule has 2 atom stereocenters. The number of sulfone groups is 1. The molecule has 4 rings (SSSR count). The van der Waals surface area contributed by atoms with Gasteiger partial charge in [0.25, 0.3) is 0 Å². The van der Waals surface area contributed by atoms with E-state index in [1.54, 1.807) is 12.1 Å². The second kappa shape index (κ2) is 9.38. The third kappa shape index (κ3) is 5.12. The minimum Gasteiger partial charge on any atom is -0.484 e. The number of aliphatic carboxylic acids is 1. The Morgan fingerprint density at radius 1 is 1.19 bits per heavy atom. The van der Waals surface area contributed by atoms with Crippen molar-refractivity contribution in [2.24, 2.45) is 0 Å². The molecule has 1 aromatic carbocycles. The van der Waals surface area contributed by atoms with Crippen molar-refractivity contribution >= 4 is 44.9 Å². The van der Waals surface area contributed by atoms with Crippen LogP contribution in [0.1, 0.15) is 25.0 Å². The lowest BCUT2D eigenvalue weighted by Gasteiger charge is -2.26. The monoisotopic (exact) mass is 566 g/mol. The molecule has 0 bridgehead atoms. The number of carbonyl (C=O) groups is 2. The first-order chi connectivity index (χ1) is 16.7. The van der Waals surface area contributed by atoms with Crippen LogP contribution in [0.5, 0.6) is 5.75 Å². The lowest BCUT2D eigenvalue weighted by molar-refractivity contribution is -0.153. The maximum atomic E-state index is 13.5. The highest BCUT2D eigenvalue weighted by molar-refractivity contribution is 7.92. The molecular weight excluding hydrogens is 548 g/mol. The summed E-state index contributed by atoms with van der Waals surface area (Å²) in [6.45, 7) is -1.98. The van der Waals surface area contributed by atoms with Crippen molar-refractivity contribution in [3.63, 3.8) is 0 Å². The zero-order valence-electron chi connectivity index (χ0n) is 18.3. The minimum absolute atomic E-state index is 0.283. The van der Waals surface area contributed by atoms with Crippen molar-refractivity contribution in [1.82, 2.24) is 9.88 Å². The summed E-state index contributed by atoms with van der Waals surface area (Å²) < 4.78 is 68.4. The van der Waals surface area contributed by atoms with Crippen LogP contribution in [0.25, 0.3) is 0 Å². The van der Waals surface area contributed by atoms with E-state index >= 15 is 0 Å². The van der Waals surface area contributed by atoms with Gasteiger partial charge in [-0.2, -0.15) is 13.2 Å². The number of nitrogens with zero attached hydrogens (tertiary/aromatic N) is 2. The molecule has 2 aromatic rings. The Hall–Kier alpha value is -2.57. The van der Waals surface area contributed by atoms with E-state index in [9.17, 15) is 36.3 Å². The largest absolute Gasteiger partial charge is 0.484 e. The van der Waals surface area contributed by atoms with Crippen molar-refractivity contribution in [2.45, 2.75) is 47.0 Å². The number of carboxylic acids is 1. The second-order valence-corrected chi connectivity index (χ2v) is 11.7. The zero-order valence-corrected chi connectivity index (χ0v) is 20.7. The van der Waals surface area contributed by atoms with Gasteiger partial charge in [0.15, 0.2) is 16.4 Å². The van der Waals surface area contributed by atoms with Crippen LogP contribution < -0.4 is 4.74 Å². The quantitative estimate of drug-likeness (QED) is 0.540. The average molecular weight is 567 g/mol. The van der Waals surface area contributed by atoms with Crippen molar-refractivity contribution in [1.29, 1.82) is 0 Å². The maximum Gasteiger partial charge on any atom is 0.422 e. The number of carboxylic acid groups (broad SMARTS) is 1. The van der Waals surface area contributed by atoms with Gasteiger partial charge in [0.05, 0.1) is 31.3 Å². The fraction of sp³-hybridized carbons (Fsp3) is 0.409. The molecule has 1 aliphatic carbocycles. The van der Waals surface area contributed by atoms with Crippen LogP contribution in [-0.2, 0) is 24.8 Å². The lowest BCUT2D eigenvalue weighted by atomic mass is 9.99. The van der Waals surface area contributed by atoms with E-state index in [2.05, 4.69) is 9.72 Å². The van der Waals surface area contributed by atoms with Crippen LogP contribution in [-0.4, -0.2) is 65.9 Å². The summed E-state index contributed by atoms with van der Waals surface area (Å²) in [5.41, 5.74) is -0.628. The van der Waals surface area contributed by atoms with Crippen LogP contribution >= 0.6 is 23.2 Å². The molecule has 0 spiro atoms. The Kier molecular flexibility index (Phi) is 6.91. The molecule has 1 N–H and O–H groups in total. The number of halogens is 5. The molecule has 0 unspecified atom stereocenters. The number of aromatic nitrogens is 1. The first-order valence-electron chi connectivity index (χ1n) is 10.6. The smallest absolute Gasteiger partial charge is 0.422 e. The topological polar surface area (TPSA) is 114 Å². The van der Waals surface area contributed by atoms with Gasteiger partial charge >= 0.3 is 12.1 Å². The van der Waals surface area contributed by atoms with Gasteiger partial charge in [-0.25, -0.2) is 13.2 Å². The Bertz CT molecular complexity index is 1300. The Balaban J connectivity index is 1.58. The number of alkyl halides is 3. The number of hydrogen-bond donors (Lipinski definition) is 1. The van der Waals surface area contributed by atoms with Crippen molar-refractivity contribution in [3.05, 3.63) is 52.3 Å². The highest BCUT2D eigenvalue weighted by Gasteiger charge is 2.58. The van der Waals surface area contributed by atoms with E-state index in [1.807, 2.05) is 0 Å². The predicted octanol–water partition coefficient (Wildman–Crippen LogP) is 3.89. The molecule has 1 aliphatic heterocycles. The van der Waals surface area contributed by atoms with Gasteiger partial charge in [-0.05, 0) is 43.5 Å². The first-order valence-corrected chi connectivity index (χ1v) is 12.9. The molecule has 2 heterocycles. The molecule has 194 valence electrons. The summed E-state index contributed by atoms with van der Waals surface area (Å²) >= 11 is 11.9. The van der Waals surface area contributed by atoms with Crippen LogP contribution in [0.4, 0.5) is 13.2 Å². The molecule has 2 aliphatic rings. The van der Waals surface area contributed by atoms with E-state index in [-0.39, 0.29) is 17.2 Å². The summed E-state index contributed by atoms with van der Waals surface area (Å²) in [6.07, 6.45) is -2.75. The molecule has 1 amide bonds. The molecule has 8 nitrogen and oxygen atoms in total. The molecule has 1 aromatic heterocycles. The van der Waals surface area contributed by atoms with Crippen LogP contribution in [0.15, 0.2) is 41.4 Å². The Labute approximate surface area is 213 Å². The number of benzene rings is 1. The zero-order chi connectivity index (χ0) is 26.5. The van der Waals surface area contributed by atoms with Crippen LogP contribution in [0, 0.1) is 0 Å².